The number of carbonyl (C=O) groups is 1. The lowest BCUT2D eigenvalue weighted by molar-refractivity contribution is 0.0592. The fourth-order valence-electron chi connectivity index (χ4n) is 4.15. The zero-order chi connectivity index (χ0) is 33.3. The molecule has 0 spiro atoms. The van der Waals surface area contributed by atoms with Crippen LogP contribution in [0.25, 0.3) is 11.6 Å². The fourth-order valence-corrected chi connectivity index (χ4v) is 4.15. The molecule has 0 atom stereocenters. The second-order valence-corrected chi connectivity index (χ2v) is 11.5. The Kier molecular flexibility index (Phi) is 10.5. The van der Waals surface area contributed by atoms with Gasteiger partial charge in [-0.3, -0.25) is 0 Å². The second kappa shape index (κ2) is 14.5. The van der Waals surface area contributed by atoms with Gasteiger partial charge in [0.25, 0.3) is 5.89 Å². The zero-order valence-electron chi connectivity index (χ0n) is 26.0. The third-order valence-electron chi connectivity index (χ3n) is 7.06. The van der Waals surface area contributed by atoms with Crippen LogP contribution < -0.4 is 16.4 Å². The summed E-state index contributed by atoms with van der Waals surface area (Å²) in [6, 6.07) is 19.4. The van der Waals surface area contributed by atoms with Crippen molar-refractivity contribution in [1.82, 2.24) is 30.6 Å². The first-order valence-corrected chi connectivity index (χ1v) is 14.2. The minimum absolute atomic E-state index is 0.0886. The summed E-state index contributed by atoms with van der Waals surface area (Å²) in [5, 5.41) is 28.0. The Morgan fingerprint density at radius 3 is 1.65 bits per heavy atom. The van der Waals surface area contributed by atoms with E-state index in [1.54, 1.807) is 48.5 Å². The highest BCUT2D eigenvalue weighted by molar-refractivity contribution is 5.86. The average Bonchev–Trinajstić information content (AvgIpc) is 3.50. The van der Waals surface area contributed by atoms with Crippen LogP contribution >= 0.6 is 0 Å². The second-order valence-electron chi connectivity index (χ2n) is 11.5. The smallest absolute Gasteiger partial charge is 0.434 e. The third kappa shape index (κ3) is 9.00. The number of nitrogens with one attached hydrogen (secondary N) is 3. The molecule has 12 nitrogen and oxygen atoms in total. The van der Waals surface area contributed by atoms with Crippen LogP contribution in [0.15, 0.2) is 82.0 Å². The highest BCUT2D eigenvalue weighted by Gasteiger charge is 2.22. The van der Waals surface area contributed by atoms with Crippen molar-refractivity contribution in [3.05, 3.63) is 112 Å². The minimum atomic E-state index is -0.643. The summed E-state index contributed by atoms with van der Waals surface area (Å²) in [7, 11) is 1.29. The van der Waals surface area contributed by atoms with E-state index in [0.717, 1.165) is 11.1 Å². The summed E-state index contributed by atoms with van der Waals surface area (Å²) >= 11 is 0. The molecule has 3 N–H and O–H groups in total. The van der Waals surface area contributed by atoms with Crippen molar-refractivity contribution in [2.45, 2.75) is 38.5 Å². The van der Waals surface area contributed by atoms with Crippen molar-refractivity contribution in [3.8, 4) is 11.6 Å². The molecule has 5 aromatic rings. The van der Waals surface area contributed by atoms with E-state index in [4.69, 9.17) is 4.42 Å². The number of H-pyrrole nitrogens is 1. The topological polar surface area (TPSA) is 161 Å². The van der Waals surface area contributed by atoms with Gasteiger partial charge in [0.2, 0.25) is 0 Å². The maximum absolute atomic E-state index is 13.0. The predicted octanol–water partition coefficient (Wildman–Crippen LogP) is 5.14. The van der Waals surface area contributed by atoms with Crippen molar-refractivity contribution in [2.24, 2.45) is 0 Å². The summed E-state index contributed by atoms with van der Waals surface area (Å²) < 4.78 is 35.4. The Bertz CT molecular complexity index is 1770. The highest BCUT2D eigenvalue weighted by Crippen LogP contribution is 2.25. The van der Waals surface area contributed by atoms with Crippen molar-refractivity contribution in [2.75, 3.05) is 30.8 Å². The number of anilines is 2. The zero-order valence-corrected chi connectivity index (χ0v) is 26.0. The summed E-state index contributed by atoms with van der Waals surface area (Å²) in [6.45, 7) is 9.36. The molecular formula is C32H34F2N8O4. The third-order valence-corrected chi connectivity index (χ3v) is 7.06. The van der Waals surface area contributed by atoms with E-state index < -0.39 is 11.7 Å². The van der Waals surface area contributed by atoms with E-state index in [9.17, 15) is 18.4 Å². The molecule has 0 unspecified atom stereocenters. The molecule has 240 valence electrons. The van der Waals surface area contributed by atoms with Gasteiger partial charge in [0.15, 0.2) is 11.4 Å². The van der Waals surface area contributed by atoms with Crippen LogP contribution in [-0.2, 0) is 15.6 Å². The molecule has 0 aliphatic heterocycles. The van der Waals surface area contributed by atoms with Gasteiger partial charge in [0.1, 0.15) is 23.3 Å². The highest BCUT2D eigenvalue weighted by atomic mass is 19.1. The van der Waals surface area contributed by atoms with Gasteiger partial charge in [0, 0.05) is 23.9 Å². The molecule has 14 heteroatoms. The maximum atomic E-state index is 13.0. The number of nitrogens with zero attached hydrogens (tertiary/aromatic N) is 5. The Labute approximate surface area is 263 Å². The van der Waals surface area contributed by atoms with E-state index in [1.165, 1.54) is 31.4 Å². The van der Waals surface area contributed by atoms with E-state index >= 15 is 0 Å². The first-order valence-electron chi connectivity index (χ1n) is 14.2. The van der Waals surface area contributed by atoms with Crippen LogP contribution in [0.2, 0.25) is 0 Å². The minimum Gasteiger partial charge on any atom is -0.464 e. The summed E-state index contributed by atoms with van der Waals surface area (Å²) in [6.07, 6.45) is 0. The van der Waals surface area contributed by atoms with Gasteiger partial charge in [-0.2, -0.15) is 0 Å². The molecule has 0 saturated carbocycles. The van der Waals surface area contributed by atoms with E-state index in [0.29, 0.717) is 30.4 Å². The Morgan fingerprint density at radius 2 is 1.26 bits per heavy atom. The molecule has 46 heavy (non-hydrogen) atoms. The molecule has 0 amide bonds. The molecule has 3 aromatic heterocycles. The molecular weight excluding hydrogens is 598 g/mol. The number of ether oxygens (including phenoxy) is 1. The molecule has 0 fully saturated rings. The normalized spacial score (nSPS) is 11.3. The number of rotatable bonds is 10. The van der Waals surface area contributed by atoms with Crippen LogP contribution in [0.4, 0.5) is 20.4 Å². The summed E-state index contributed by atoms with van der Waals surface area (Å²) in [5.41, 5.74) is 2.11. The largest absolute Gasteiger partial charge is 0.464 e. The standard InChI is InChI=1S/C16H16FN5O2.C16H18FN3O2/c1-16(2,10-3-5-11(17)6-4-10)9-18-13-8-7-12(19-20-13)14-21-22-15(23)24-14;1-16(2,11-4-6-12(17)7-5-11)10-18-14-9-8-13(19-20-14)15(21)22-3/h3-8H,9H2,1-2H3,(H,18,20)(H,22,23);4-9H,10H2,1-3H3,(H,18,20). The number of carbonyl (C=O) groups excluding carboxylic acids is 1. The SMILES string of the molecule is CC(C)(CNc1ccc(-c2n[nH]c(=O)o2)nn1)c1ccc(F)cc1.COC(=O)c1ccc(NCC(C)(C)c2ccc(F)cc2)nn1. The predicted molar refractivity (Wildman–Crippen MR) is 167 cm³/mol. The molecule has 0 bridgehead atoms. The average molecular weight is 633 g/mol. The van der Waals surface area contributed by atoms with Crippen molar-refractivity contribution < 1.29 is 22.7 Å². The Hall–Kier alpha value is -5.53. The van der Waals surface area contributed by atoms with Crippen molar-refractivity contribution >= 4 is 17.6 Å². The summed E-state index contributed by atoms with van der Waals surface area (Å²) in [5.74, 6) is -0.452. The Balaban J connectivity index is 0.000000210. The van der Waals surface area contributed by atoms with E-state index in [-0.39, 0.29) is 34.0 Å². The first kappa shape index (κ1) is 33.4. The van der Waals surface area contributed by atoms with Gasteiger partial charge in [0.05, 0.1) is 7.11 Å². The molecule has 0 radical (unpaired) electrons. The number of esters is 1. The van der Waals surface area contributed by atoms with Crippen molar-refractivity contribution in [3.63, 3.8) is 0 Å². The number of benzene rings is 2. The van der Waals surface area contributed by atoms with E-state index in [1.807, 2.05) is 27.7 Å². The molecule has 0 aliphatic carbocycles. The van der Waals surface area contributed by atoms with Crippen LogP contribution in [0.3, 0.4) is 0 Å². The van der Waals surface area contributed by atoms with Gasteiger partial charge < -0.3 is 19.8 Å². The lowest BCUT2D eigenvalue weighted by atomic mass is 9.84. The molecule has 3 heterocycles. The molecule has 5 rings (SSSR count). The van der Waals surface area contributed by atoms with Crippen LogP contribution in [0, 0.1) is 11.6 Å². The van der Waals surface area contributed by atoms with Crippen molar-refractivity contribution in [1.29, 1.82) is 0 Å². The molecule has 2 aromatic carbocycles. The maximum Gasteiger partial charge on any atom is 0.434 e. The van der Waals surface area contributed by atoms with Gasteiger partial charge in [-0.1, -0.05) is 52.0 Å². The lowest BCUT2D eigenvalue weighted by Crippen LogP contribution is -2.28. The van der Waals surface area contributed by atoms with Gasteiger partial charge in [-0.15, -0.1) is 25.5 Å². The van der Waals surface area contributed by atoms with Gasteiger partial charge in [-0.25, -0.2) is 23.5 Å². The Morgan fingerprint density at radius 1 is 0.761 bits per heavy atom. The molecule has 0 saturated heterocycles. The number of aromatic nitrogens is 6. The first-order chi connectivity index (χ1) is 21.9. The fraction of sp³-hybridized carbons (Fsp3) is 0.281. The number of aromatic amines is 1. The quantitative estimate of drug-likeness (QED) is 0.175. The molecule has 0 aliphatic rings. The van der Waals surface area contributed by atoms with Gasteiger partial charge in [-0.05, 0) is 59.7 Å². The summed E-state index contributed by atoms with van der Waals surface area (Å²) in [4.78, 5) is 22.2. The monoisotopic (exact) mass is 632 g/mol. The number of hydrogen-bond donors (Lipinski definition) is 3. The number of methoxy groups -OCH3 is 1. The number of halogens is 2. The van der Waals surface area contributed by atoms with Crippen LogP contribution in [0.5, 0.6) is 0 Å². The van der Waals surface area contributed by atoms with Crippen LogP contribution in [0.1, 0.15) is 49.3 Å². The van der Waals surface area contributed by atoms with Gasteiger partial charge >= 0.3 is 11.7 Å². The number of hydrogen-bond acceptors (Lipinski definition) is 11. The van der Waals surface area contributed by atoms with E-state index in [2.05, 4.69) is 46.0 Å². The lowest BCUT2D eigenvalue weighted by Gasteiger charge is -2.25. The van der Waals surface area contributed by atoms with Crippen LogP contribution in [-0.4, -0.2) is 56.8 Å².